The fraction of sp³-hybridized carbons (Fsp3) is 0.364. The number of ether oxygens (including phenoxy) is 1. The fourth-order valence-corrected chi connectivity index (χ4v) is 1.98. The average molecular weight is 275 g/mol. The number of carbonyl (C=O) groups is 1. The Bertz CT molecular complexity index is 554. The molecule has 0 heterocycles. The van der Waals surface area contributed by atoms with E-state index < -0.39 is 33.5 Å². The quantitative estimate of drug-likeness (QED) is 0.841. The van der Waals surface area contributed by atoms with Crippen molar-refractivity contribution in [2.75, 3.05) is 7.05 Å². The third-order valence-corrected chi connectivity index (χ3v) is 3.49. The second-order valence-electron chi connectivity index (χ2n) is 3.80. The maximum absolute atomic E-state index is 13.4. The van der Waals surface area contributed by atoms with Gasteiger partial charge in [-0.1, -0.05) is 0 Å². The summed E-state index contributed by atoms with van der Waals surface area (Å²) >= 11 is 0. The van der Waals surface area contributed by atoms with Crippen molar-refractivity contribution in [2.45, 2.75) is 24.8 Å². The molecule has 0 atom stereocenters. The van der Waals surface area contributed by atoms with E-state index >= 15 is 0 Å². The summed E-state index contributed by atoms with van der Waals surface area (Å²) in [6.07, 6.45) is -0.415. The van der Waals surface area contributed by atoms with Crippen molar-refractivity contribution >= 4 is 16.0 Å². The van der Waals surface area contributed by atoms with E-state index in [2.05, 4.69) is 4.72 Å². The van der Waals surface area contributed by atoms with E-state index in [-0.39, 0.29) is 4.90 Å². The Hall–Kier alpha value is -1.47. The maximum atomic E-state index is 13.4. The molecule has 18 heavy (non-hydrogen) atoms. The number of benzene rings is 1. The predicted molar refractivity (Wildman–Crippen MR) is 63.2 cm³/mol. The molecule has 0 saturated carbocycles. The van der Waals surface area contributed by atoms with Gasteiger partial charge in [0.2, 0.25) is 10.0 Å². The number of rotatable bonds is 4. The van der Waals surface area contributed by atoms with Crippen molar-refractivity contribution < 1.29 is 22.3 Å². The lowest BCUT2D eigenvalue weighted by Gasteiger charge is -2.10. The Morgan fingerprint density at radius 1 is 1.39 bits per heavy atom. The first-order valence-electron chi connectivity index (χ1n) is 5.22. The zero-order valence-electron chi connectivity index (χ0n) is 10.2. The zero-order chi connectivity index (χ0) is 13.9. The SMILES string of the molecule is CNS(=O)(=O)c1ccc(F)c(C(=O)OC(C)C)c1. The third-order valence-electron chi connectivity index (χ3n) is 2.08. The van der Waals surface area contributed by atoms with Crippen molar-refractivity contribution in [2.24, 2.45) is 0 Å². The third kappa shape index (κ3) is 3.27. The number of esters is 1. The molecule has 1 rings (SSSR count). The van der Waals surface area contributed by atoms with Gasteiger partial charge in [-0.05, 0) is 39.1 Å². The van der Waals surface area contributed by atoms with Gasteiger partial charge in [-0.2, -0.15) is 0 Å². The summed E-state index contributed by atoms with van der Waals surface area (Å²) < 4.78 is 43.4. The van der Waals surface area contributed by atoms with E-state index in [1.807, 2.05) is 0 Å². The Balaban J connectivity index is 3.21. The predicted octanol–water partition coefficient (Wildman–Crippen LogP) is 1.30. The summed E-state index contributed by atoms with van der Waals surface area (Å²) in [7, 11) is -2.50. The van der Waals surface area contributed by atoms with Crippen LogP contribution in [-0.2, 0) is 14.8 Å². The molecule has 0 amide bonds. The van der Waals surface area contributed by atoms with Crippen LogP contribution in [0.3, 0.4) is 0 Å². The van der Waals surface area contributed by atoms with E-state index in [0.29, 0.717) is 0 Å². The van der Waals surface area contributed by atoms with Gasteiger partial charge in [0.15, 0.2) is 0 Å². The highest BCUT2D eigenvalue weighted by atomic mass is 32.2. The molecule has 0 aliphatic rings. The number of sulfonamides is 1. The Kier molecular flexibility index (Phi) is 4.42. The van der Waals surface area contributed by atoms with Gasteiger partial charge < -0.3 is 4.74 Å². The first-order chi connectivity index (χ1) is 8.27. The molecule has 1 aromatic rings. The fourth-order valence-electron chi connectivity index (χ4n) is 1.22. The average Bonchev–Trinajstić information content (AvgIpc) is 2.28. The molecule has 100 valence electrons. The Labute approximate surface area is 105 Å². The molecule has 0 saturated heterocycles. The summed E-state index contributed by atoms with van der Waals surface area (Å²) in [6.45, 7) is 3.23. The van der Waals surface area contributed by atoms with E-state index in [0.717, 1.165) is 18.2 Å². The first-order valence-corrected chi connectivity index (χ1v) is 6.70. The number of hydrogen-bond donors (Lipinski definition) is 1. The van der Waals surface area contributed by atoms with Gasteiger partial charge in [-0.3, -0.25) is 0 Å². The van der Waals surface area contributed by atoms with Crippen molar-refractivity contribution in [3.63, 3.8) is 0 Å². The molecule has 1 N–H and O–H groups in total. The molecule has 0 unspecified atom stereocenters. The maximum Gasteiger partial charge on any atom is 0.341 e. The largest absolute Gasteiger partial charge is 0.459 e. The summed E-state index contributed by atoms with van der Waals surface area (Å²) in [5, 5.41) is 0. The minimum absolute atomic E-state index is 0.192. The summed E-state index contributed by atoms with van der Waals surface area (Å²) in [6, 6.07) is 2.94. The van der Waals surface area contributed by atoms with Crippen LogP contribution in [0.25, 0.3) is 0 Å². The molecule has 0 aliphatic heterocycles. The Morgan fingerprint density at radius 2 is 2.00 bits per heavy atom. The number of carbonyl (C=O) groups excluding carboxylic acids is 1. The number of nitrogens with one attached hydrogen (secondary N) is 1. The highest BCUT2D eigenvalue weighted by Gasteiger charge is 2.19. The van der Waals surface area contributed by atoms with Crippen LogP contribution < -0.4 is 4.72 Å². The lowest BCUT2D eigenvalue weighted by molar-refractivity contribution is 0.0372. The van der Waals surface area contributed by atoms with E-state index in [1.54, 1.807) is 13.8 Å². The Morgan fingerprint density at radius 3 is 2.50 bits per heavy atom. The van der Waals surface area contributed by atoms with Gasteiger partial charge in [-0.25, -0.2) is 22.3 Å². The van der Waals surface area contributed by atoms with E-state index in [9.17, 15) is 17.6 Å². The molecular weight excluding hydrogens is 261 g/mol. The lowest BCUT2D eigenvalue weighted by Crippen LogP contribution is -2.20. The number of halogens is 1. The molecule has 0 spiro atoms. The summed E-state index contributed by atoms with van der Waals surface area (Å²) in [4.78, 5) is 11.4. The van der Waals surface area contributed by atoms with Crippen LogP contribution in [-0.4, -0.2) is 27.5 Å². The van der Waals surface area contributed by atoms with Crippen LogP contribution in [0.15, 0.2) is 23.1 Å². The first kappa shape index (κ1) is 14.6. The second-order valence-corrected chi connectivity index (χ2v) is 5.69. The standard InChI is InChI=1S/C11H14FNO4S/c1-7(2)17-11(14)9-6-8(4-5-10(9)12)18(15,16)13-3/h4-7,13H,1-3H3. The van der Waals surface area contributed by atoms with Crippen LogP contribution in [0.2, 0.25) is 0 Å². The molecule has 0 aromatic heterocycles. The van der Waals surface area contributed by atoms with Gasteiger partial charge in [-0.15, -0.1) is 0 Å². The molecule has 7 heteroatoms. The van der Waals surface area contributed by atoms with Crippen LogP contribution in [0, 0.1) is 5.82 Å². The van der Waals surface area contributed by atoms with Crippen molar-refractivity contribution in [3.05, 3.63) is 29.6 Å². The molecule has 0 aliphatic carbocycles. The number of hydrogen-bond acceptors (Lipinski definition) is 4. The molecule has 0 radical (unpaired) electrons. The van der Waals surface area contributed by atoms with Crippen molar-refractivity contribution in [1.29, 1.82) is 0 Å². The van der Waals surface area contributed by atoms with Crippen molar-refractivity contribution in [1.82, 2.24) is 4.72 Å². The zero-order valence-corrected chi connectivity index (χ0v) is 11.0. The van der Waals surface area contributed by atoms with Gasteiger partial charge in [0, 0.05) is 0 Å². The summed E-state index contributed by atoms with van der Waals surface area (Å²) in [5.41, 5.74) is -0.403. The molecular formula is C11H14FNO4S. The van der Waals surface area contributed by atoms with Gasteiger partial charge >= 0.3 is 5.97 Å². The highest BCUT2D eigenvalue weighted by Crippen LogP contribution is 2.16. The van der Waals surface area contributed by atoms with Gasteiger partial charge in [0.1, 0.15) is 5.82 Å². The lowest BCUT2D eigenvalue weighted by atomic mass is 10.2. The highest BCUT2D eigenvalue weighted by molar-refractivity contribution is 7.89. The van der Waals surface area contributed by atoms with E-state index in [1.165, 1.54) is 7.05 Å². The van der Waals surface area contributed by atoms with Crippen LogP contribution in [0.4, 0.5) is 4.39 Å². The topological polar surface area (TPSA) is 72.5 Å². The minimum atomic E-state index is -3.72. The van der Waals surface area contributed by atoms with Gasteiger partial charge in [0.05, 0.1) is 16.6 Å². The normalized spacial score (nSPS) is 11.6. The van der Waals surface area contributed by atoms with Crippen LogP contribution >= 0.6 is 0 Å². The molecule has 1 aromatic carbocycles. The second kappa shape index (κ2) is 5.45. The van der Waals surface area contributed by atoms with Crippen LogP contribution in [0.1, 0.15) is 24.2 Å². The van der Waals surface area contributed by atoms with Crippen LogP contribution in [0.5, 0.6) is 0 Å². The minimum Gasteiger partial charge on any atom is -0.459 e. The molecule has 0 bridgehead atoms. The molecule has 0 fully saturated rings. The van der Waals surface area contributed by atoms with Gasteiger partial charge in [0.25, 0.3) is 0 Å². The van der Waals surface area contributed by atoms with Crippen molar-refractivity contribution in [3.8, 4) is 0 Å². The monoisotopic (exact) mass is 275 g/mol. The smallest absolute Gasteiger partial charge is 0.341 e. The molecule has 5 nitrogen and oxygen atoms in total. The summed E-state index contributed by atoms with van der Waals surface area (Å²) in [5.74, 6) is -1.72. The van der Waals surface area contributed by atoms with E-state index in [4.69, 9.17) is 4.74 Å².